The Hall–Kier alpha value is -3.73. The largest absolute Gasteiger partial charge is 0.344 e. The lowest BCUT2D eigenvalue weighted by atomic mass is 9.95. The highest BCUT2D eigenvalue weighted by molar-refractivity contribution is 6.05. The van der Waals surface area contributed by atoms with E-state index in [4.69, 9.17) is 4.98 Å². The average molecular weight is 366 g/mol. The molecular formula is C23H18N4O. The summed E-state index contributed by atoms with van der Waals surface area (Å²) in [5.74, 6) is -0.452. The van der Waals surface area contributed by atoms with Crippen molar-refractivity contribution in [1.29, 1.82) is 0 Å². The molecule has 5 nitrogen and oxygen atoms in total. The molecule has 0 fully saturated rings. The maximum atomic E-state index is 12.7. The molecule has 1 N–H and O–H groups in total. The molecule has 0 spiro atoms. The second kappa shape index (κ2) is 6.46. The first-order valence-corrected chi connectivity index (χ1v) is 9.15. The van der Waals surface area contributed by atoms with Gasteiger partial charge in [0.1, 0.15) is 5.92 Å². The Labute approximate surface area is 162 Å². The fourth-order valence-corrected chi connectivity index (χ4v) is 3.81. The average Bonchev–Trinajstić information content (AvgIpc) is 3.08. The molecule has 1 aliphatic rings. The molecule has 0 saturated carbocycles. The van der Waals surface area contributed by atoms with E-state index in [0.29, 0.717) is 0 Å². The third kappa shape index (κ3) is 2.60. The normalized spacial score (nSPS) is 15.3. The molecule has 1 unspecified atom stereocenters. The smallest absolute Gasteiger partial charge is 0.238 e. The molecular weight excluding hydrogens is 348 g/mol. The van der Waals surface area contributed by atoms with Gasteiger partial charge in [-0.25, -0.2) is 0 Å². The van der Waals surface area contributed by atoms with E-state index in [0.717, 1.165) is 39.2 Å². The number of aromatic nitrogens is 2. The standard InChI is InChI=1S/C23H18N4O/c1-27(15-10-12-24-13-11-15)21-14-20(25-18-8-4-2-6-16(18)21)22-17-7-3-5-9-19(17)26-23(22)28/h2-14,22H,1H3,(H,26,28). The number of fused-ring (bicyclic) bond motifs is 2. The lowest BCUT2D eigenvalue weighted by Crippen LogP contribution is -2.16. The van der Waals surface area contributed by atoms with E-state index in [1.54, 1.807) is 12.4 Å². The molecule has 5 heteroatoms. The maximum Gasteiger partial charge on any atom is 0.238 e. The van der Waals surface area contributed by atoms with Crippen LogP contribution in [0.15, 0.2) is 79.1 Å². The summed E-state index contributed by atoms with van der Waals surface area (Å²) in [5, 5.41) is 4.01. The molecule has 0 saturated heterocycles. The summed E-state index contributed by atoms with van der Waals surface area (Å²) >= 11 is 0. The predicted molar refractivity (Wildman–Crippen MR) is 111 cm³/mol. The van der Waals surface area contributed by atoms with Gasteiger partial charge in [-0.3, -0.25) is 14.8 Å². The van der Waals surface area contributed by atoms with Gasteiger partial charge in [0.05, 0.1) is 16.9 Å². The number of amides is 1. The van der Waals surface area contributed by atoms with Crippen molar-refractivity contribution in [2.24, 2.45) is 0 Å². The number of nitrogens with one attached hydrogen (secondary N) is 1. The van der Waals surface area contributed by atoms with E-state index in [-0.39, 0.29) is 5.91 Å². The van der Waals surface area contributed by atoms with E-state index in [9.17, 15) is 4.79 Å². The Balaban J connectivity index is 1.71. The molecule has 2 aromatic carbocycles. The first-order valence-electron chi connectivity index (χ1n) is 9.15. The quantitative estimate of drug-likeness (QED) is 0.581. The predicted octanol–water partition coefficient (Wildman–Crippen LogP) is 4.48. The van der Waals surface area contributed by atoms with Crippen molar-refractivity contribution >= 4 is 33.9 Å². The van der Waals surface area contributed by atoms with E-state index >= 15 is 0 Å². The highest BCUT2D eigenvalue weighted by Gasteiger charge is 2.33. The van der Waals surface area contributed by atoms with Gasteiger partial charge in [0, 0.05) is 36.2 Å². The van der Waals surface area contributed by atoms with Crippen LogP contribution in [-0.2, 0) is 4.79 Å². The highest BCUT2D eigenvalue weighted by atomic mass is 16.2. The van der Waals surface area contributed by atoms with Crippen molar-refractivity contribution in [3.63, 3.8) is 0 Å². The minimum atomic E-state index is -0.412. The van der Waals surface area contributed by atoms with Crippen LogP contribution < -0.4 is 10.2 Å². The minimum Gasteiger partial charge on any atom is -0.344 e. The number of nitrogens with zero attached hydrogens (tertiary/aromatic N) is 3. The molecule has 2 aromatic heterocycles. The number of benzene rings is 2. The molecule has 1 aliphatic heterocycles. The zero-order chi connectivity index (χ0) is 19.1. The Kier molecular flexibility index (Phi) is 3.79. The number of carbonyl (C=O) groups is 1. The highest BCUT2D eigenvalue weighted by Crippen LogP contribution is 2.39. The van der Waals surface area contributed by atoms with Crippen LogP contribution in [-0.4, -0.2) is 22.9 Å². The molecule has 136 valence electrons. The van der Waals surface area contributed by atoms with Gasteiger partial charge in [0.25, 0.3) is 0 Å². The van der Waals surface area contributed by atoms with Crippen LogP contribution in [0.3, 0.4) is 0 Å². The second-order valence-corrected chi connectivity index (χ2v) is 6.86. The van der Waals surface area contributed by atoms with Gasteiger partial charge in [-0.05, 0) is 35.9 Å². The van der Waals surface area contributed by atoms with Crippen LogP contribution in [0.25, 0.3) is 10.9 Å². The molecule has 0 radical (unpaired) electrons. The third-order valence-electron chi connectivity index (χ3n) is 5.21. The van der Waals surface area contributed by atoms with E-state index in [1.165, 1.54) is 0 Å². The lowest BCUT2D eigenvalue weighted by Gasteiger charge is -2.23. The van der Waals surface area contributed by atoms with Crippen molar-refractivity contribution in [3.05, 3.63) is 90.4 Å². The summed E-state index contributed by atoms with van der Waals surface area (Å²) in [6, 6.07) is 21.8. The van der Waals surface area contributed by atoms with Gasteiger partial charge in [0.15, 0.2) is 0 Å². The first-order chi connectivity index (χ1) is 13.7. The van der Waals surface area contributed by atoms with Crippen molar-refractivity contribution in [1.82, 2.24) is 9.97 Å². The SMILES string of the molecule is CN(c1ccncc1)c1cc(C2C(=O)Nc3ccccc32)nc2ccccc12. The van der Waals surface area contributed by atoms with Crippen molar-refractivity contribution in [2.75, 3.05) is 17.3 Å². The van der Waals surface area contributed by atoms with Crippen molar-refractivity contribution in [3.8, 4) is 0 Å². The number of rotatable bonds is 3. The molecule has 1 amide bonds. The summed E-state index contributed by atoms with van der Waals surface area (Å²) < 4.78 is 0. The van der Waals surface area contributed by atoms with Crippen LogP contribution in [0.2, 0.25) is 0 Å². The molecule has 28 heavy (non-hydrogen) atoms. The first kappa shape index (κ1) is 16.4. The third-order valence-corrected chi connectivity index (χ3v) is 5.21. The number of pyridine rings is 2. The van der Waals surface area contributed by atoms with Gasteiger partial charge >= 0.3 is 0 Å². The van der Waals surface area contributed by atoms with E-state index in [1.807, 2.05) is 67.7 Å². The fraction of sp³-hybridized carbons (Fsp3) is 0.0870. The topological polar surface area (TPSA) is 58.1 Å². The molecule has 0 bridgehead atoms. The Bertz CT molecular complexity index is 1190. The summed E-state index contributed by atoms with van der Waals surface area (Å²) in [7, 11) is 2.02. The van der Waals surface area contributed by atoms with Crippen molar-refractivity contribution in [2.45, 2.75) is 5.92 Å². The monoisotopic (exact) mass is 366 g/mol. The zero-order valence-corrected chi connectivity index (χ0v) is 15.3. The molecule has 5 rings (SSSR count). The van der Waals surface area contributed by atoms with E-state index < -0.39 is 5.92 Å². The summed E-state index contributed by atoms with van der Waals surface area (Å²) in [5.41, 5.74) is 5.46. The molecule has 1 atom stereocenters. The van der Waals surface area contributed by atoms with Gasteiger partial charge in [0.2, 0.25) is 5.91 Å². The maximum absolute atomic E-state index is 12.7. The Morgan fingerprint density at radius 1 is 0.964 bits per heavy atom. The van der Waals surface area contributed by atoms with E-state index in [2.05, 4.69) is 21.3 Å². The lowest BCUT2D eigenvalue weighted by molar-refractivity contribution is -0.116. The van der Waals surface area contributed by atoms with Crippen LogP contribution >= 0.6 is 0 Å². The van der Waals surface area contributed by atoms with Gasteiger partial charge < -0.3 is 10.2 Å². The Morgan fingerprint density at radius 3 is 2.57 bits per heavy atom. The van der Waals surface area contributed by atoms with Gasteiger partial charge in [-0.15, -0.1) is 0 Å². The fourth-order valence-electron chi connectivity index (χ4n) is 3.81. The number of hydrogen-bond donors (Lipinski definition) is 1. The summed E-state index contributed by atoms with van der Waals surface area (Å²) in [6.45, 7) is 0. The number of anilines is 3. The molecule has 0 aliphatic carbocycles. The van der Waals surface area contributed by atoms with Gasteiger partial charge in [-0.2, -0.15) is 0 Å². The minimum absolute atomic E-state index is 0.0403. The number of para-hydroxylation sites is 2. The van der Waals surface area contributed by atoms with Crippen LogP contribution in [0.5, 0.6) is 0 Å². The van der Waals surface area contributed by atoms with Gasteiger partial charge in [-0.1, -0.05) is 36.4 Å². The molecule has 4 aromatic rings. The number of carbonyl (C=O) groups excluding carboxylic acids is 1. The Morgan fingerprint density at radius 2 is 1.71 bits per heavy atom. The number of hydrogen-bond acceptors (Lipinski definition) is 4. The van der Waals surface area contributed by atoms with Crippen molar-refractivity contribution < 1.29 is 4.79 Å². The summed E-state index contributed by atoms with van der Waals surface area (Å²) in [4.78, 5) is 23.8. The molecule has 3 heterocycles. The van der Waals surface area contributed by atoms with Crippen LogP contribution in [0.1, 0.15) is 17.2 Å². The van der Waals surface area contributed by atoms with Crippen LogP contribution in [0.4, 0.5) is 17.1 Å². The van der Waals surface area contributed by atoms with Crippen LogP contribution in [0, 0.1) is 0 Å². The second-order valence-electron chi connectivity index (χ2n) is 6.86. The zero-order valence-electron chi connectivity index (χ0n) is 15.3. The summed E-state index contributed by atoms with van der Waals surface area (Å²) in [6.07, 6.45) is 3.55.